The highest BCUT2D eigenvalue weighted by molar-refractivity contribution is 5.40. The van der Waals surface area contributed by atoms with E-state index in [9.17, 15) is 0 Å². The number of aryl methyl sites for hydroxylation is 1. The van der Waals surface area contributed by atoms with Crippen LogP contribution in [0.5, 0.6) is 5.75 Å². The quantitative estimate of drug-likeness (QED) is 0.842. The molecule has 0 spiro atoms. The summed E-state index contributed by atoms with van der Waals surface area (Å²) in [6.45, 7) is 5.06. The van der Waals surface area contributed by atoms with E-state index in [1.165, 1.54) is 12.0 Å². The summed E-state index contributed by atoms with van der Waals surface area (Å²) < 4.78 is 5.15. The molecule has 0 N–H and O–H groups in total. The molecule has 7 nitrogen and oxygen atoms in total. The lowest BCUT2D eigenvalue weighted by molar-refractivity contribution is 0.384. The molecule has 4 heterocycles. The van der Waals surface area contributed by atoms with Crippen molar-refractivity contribution < 1.29 is 4.74 Å². The van der Waals surface area contributed by atoms with Crippen molar-refractivity contribution in [2.45, 2.75) is 32.2 Å². The molecule has 0 amide bonds. The summed E-state index contributed by atoms with van der Waals surface area (Å²) in [6.07, 6.45) is 10.7. The first kappa shape index (κ1) is 16.1. The van der Waals surface area contributed by atoms with Crippen LogP contribution in [0.1, 0.15) is 25.3 Å². The summed E-state index contributed by atoms with van der Waals surface area (Å²) in [5, 5.41) is 0. The fraction of sp³-hybridized carbons (Fsp3) is 0.556. The summed E-state index contributed by atoms with van der Waals surface area (Å²) in [5.41, 5.74) is 1.18. The van der Waals surface area contributed by atoms with Crippen molar-refractivity contribution in [1.82, 2.24) is 19.9 Å². The lowest BCUT2D eigenvalue weighted by atomic mass is 9.92. The van der Waals surface area contributed by atoms with Crippen LogP contribution in [0.2, 0.25) is 0 Å². The highest BCUT2D eigenvalue weighted by atomic mass is 16.5. The number of anilines is 2. The molecule has 0 aliphatic carbocycles. The zero-order valence-corrected chi connectivity index (χ0v) is 14.8. The molecule has 2 saturated heterocycles. The average Bonchev–Trinajstić information content (AvgIpc) is 3.11. The smallest absolute Gasteiger partial charge is 0.225 e. The van der Waals surface area contributed by atoms with Gasteiger partial charge >= 0.3 is 0 Å². The topological polar surface area (TPSA) is 67.3 Å². The van der Waals surface area contributed by atoms with Crippen LogP contribution < -0.4 is 14.5 Å². The minimum absolute atomic E-state index is 0.423. The number of methoxy groups -OCH3 is 1. The molecule has 2 atom stereocenters. The number of nitrogens with zero attached hydrogens (tertiary/aromatic N) is 6. The Bertz CT molecular complexity index is 705. The molecule has 2 fully saturated rings. The SMILES string of the molecule is CCc1cnc(N2CCC3CCN(c4ncc(OC)cn4)CC32)nc1. The highest BCUT2D eigenvalue weighted by Gasteiger charge is 2.40. The minimum atomic E-state index is 0.423. The zero-order valence-electron chi connectivity index (χ0n) is 14.8. The Labute approximate surface area is 148 Å². The standard InChI is InChI=1S/C18H24N6O/c1-3-13-8-19-18(20-9-13)24-7-5-14-4-6-23(12-16(14)24)17-21-10-15(25-2)11-22-17/h8-11,14,16H,3-7,12H2,1-2H3. The van der Waals surface area contributed by atoms with Crippen LogP contribution in [0.15, 0.2) is 24.8 Å². The normalized spacial score (nSPS) is 22.8. The summed E-state index contributed by atoms with van der Waals surface area (Å²) in [7, 11) is 1.63. The Hall–Kier alpha value is -2.44. The molecule has 2 aliphatic rings. The van der Waals surface area contributed by atoms with E-state index < -0.39 is 0 Å². The van der Waals surface area contributed by atoms with Crippen LogP contribution in [0.3, 0.4) is 0 Å². The van der Waals surface area contributed by atoms with Gasteiger partial charge in [-0.25, -0.2) is 19.9 Å². The molecular weight excluding hydrogens is 316 g/mol. The van der Waals surface area contributed by atoms with Crippen molar-refractivity contribution in [3.05, 3.63) is 30.4 Å². The predicted octanol–water partition coefficient (Wildman–Crippen LogP) is 1.94. The number of ether oxygens (including phenoxy) is 1. The molecular formula is C18H24N6O. The number of piperidine rings is 1. The van der Waals surface area contributed by atoms with Crippen molar-refractivity contribution in [3.8, 4) is 5.75 Å². The number of aromatic nitrogens is 4. The van der Waals surface area contributed by atoms with E-state index >= 15 is 0 Å². The van der Waals surface area contributed by atoms with E-state index in [0.29, 0.717) is 17.7 Å². The van der Waals surface area contributed by atoms with Crippen LogP contribution >= 0.6 is 0 Å². The summed E-state index contributed by atoms with van der Waals surface area (Å²) in [5.74, 6) is 3.00. The van der Waals surface area contributed by atoms with Crippen molar-refractivity contribution in [3.63, 3.8) is 0 Å². The molecule has 0 radical (unpaired) electrons. The van der Waals surface area contributed by atoms with Gasteiger partial charge < -0.3 is 14.5 Å². The first-order valence-electron chi connectivity index (χ1n) is 8.97. The van der Waals surface area contributed by atoms with Crippen molar-refractivity contribution in [1.29, 1.82) is 0 Å². The van der Waals surface area contributed by atoms with Gasteiger partial charge in [0.25, 0.3) is 0 Å². The van der Waals surface area contributed by atoms with Crippen LogP contribution in [-0.2, 0) is 6.42 Å². The molecule has 0 bridgehead atoms. The molecule has 132 valence electrons. The summed E-state index contributed by atoms with van der Waals surface area (Å²) in [4.78, 5) is 22.7. The van der Waals surface area contributed by atoms with E-state index in [-0.39, 0.29) is 0 Å². The van der Waals surface area contributed by atoms with E-state index in [4.69, 9.17) is 4.74 Å². The second-order valence-corrected chi connectivity index (χ2v) is 6.71. The van der Waals surface area contributed by atoms with Gasteiger partial charge in [-0.3, -0.25) is 0 Å². The van der Waals surface area contributed by atoms with Gasteiger partial charge in [0.1, 0.15) is 0 Å². The molecule has 2 unspecified atom stereocenters. The van der Waals surface area contributed by atoms with Crippen LogP contribution in [0.4, 0.5) is 11.9 Å². The van der Waals surface area contributed by atoms with Crippen LogP contribution in [0, 0.1) is 5.92 Å². The van der Waals surface area contributed by atoms with Gasteiger partial charge in [-0.1, -0.05) is 6.92 Å². The number of hydrogen-bond acceptors (Lipinski definition) is 7. The van der Waals surface area contributed by atoms with E-state index in [0.717, 1.165) is 44.4 Å². The highest BCUT2D eigenvalue weighted by Crippen LogP contribution is 2.34. The Morgan fingerprint density at radius 3 is 2.36 bits per heavy atom. The maximum absolute atomic E-state index is 5.15. The van der Waals surface area contributed by atoms with Gasteiger partial charge in [-0.2, -0.15) is 0 Å². The monoisotopic (exact) mass is 340 g/mol. The van der Waals surface area contributed by atoms with Gasteiger partial charge in [0, 0.05) is 32.0 Å². The van der Waals surface area contributed by atoms with Gasteiger partial charge in [-0.15, -0.1) is 0 Å². The Morgan fingerprint density at radius 1 is 1.00 bits per heavy atom. The molecule has 2 aromatic heterocycles. The van der Waals surface area contributed by atoms with Crippen molar-refractivity contribution in [2.24, 2.45) is 5.92 Å². The van der Waals surface area contributed by atoms with Crippen molar-refractivity contribution >= 4 is 11.9 Å². The van der Waals surface area contributed by atoms with E-state index in [1.807, 2.05) is 12.4 Å². The van der Waals surface area contributed by atoms with Gasteiger partial charge in [-0.05, 0) is 30.7 Å². The maximum Gasteiger partial charge on any atom is 0.225 e. The lowest BCUT2D eigenvalue weighted by Crippen LogP contribution is -2.49. The predicted molar refractivity (Wildman–Crippen MR) is 96.1 cm³/mol. The Kier molecular flexibility index (Phi) is 4.38. The third-order valence-electron chi connectivity index (χ3n) is 5.35. The second-order valence-electron chi connectivity index (χ2n) is 6.71. The fourth-order valence-electron chi connectivity index (χ4n) is 3.83. The minimum Gasteiger partial charge on any atom is -0.494 e. The zero-order chi connectivity index (χ0) is 17.2. The second kappa shape index (κ2) is 6.82. The Morgan fingerprint density at radius 2 is 1.68 bits per heavy atom. The molecule has 0 saturated carbocycles. The van der Waals surface area contributed by atoms with Crippen LogP contribution in [0.25, 0.3) is 0 Å². The summed E-state index contributed by atoms with van der Waals surface area (Å²) in [6, 6.07) is 0.423. The van der Waals surface area contributed by atoms with Gasteiger partial charge in [0.05, 0.1) is 25.5 Å². The van der Waals surface area contributed by atoms with Gasteiger partial charge in [0.2, 0.25) is 11.9 Å². The third-order valence-corrected chi connectivity index (χ3v) is 5.35. The molecule has 4 rings (SSSR count). The molecule has 2 aromatic rings. The number of fused-ring (bicyclic) bond motifs is 1. The average molecular weight is 340 g/mol. The van der Waals surface area contributed by atoms with Gasteiger partial charge in [0.15, 0.2) is 5.75 Å². The molecule has 0 aromatic carbocycles. The summed E-state index contributed by atoms with van der Waals surface area (Å²) >= 11 is 0. The number of hydrogen-bond donors (Lipinski definition) is 0. The lowest BCUT2D eigenvalue weighted by Gasteiger charge is -2.38. The van der Waals surface area contributed by atoms with E-state index in [2.05, 4.69) is 36.7 Å². The Balaban J connectivity index is 1.51. The molecule has 2 aliphatic heterocycles. The number of rotatable bonds is 4. The first-order chi connectivity index (χ1) is 12.3. The largest absolute Gasteiger partial charge is 0.494 e. The first-order valence-corrected chi connectivity index (χ1v) is 8.97. The fourth-order valence-corrected chi connectivity index (χ4v) is 3.83. The van der Waals surface area contributed by atoms with Crippen molar-refractivity contribution in [2.75, 3.05) is 36.5 Å². The molecule has 7 heteroatoms. The maximum atomic E-state index is 5.15. The van der Waals surface area contributed by atoms with Crippen LogP contribution in [-0.4, -0.2) is 52.7 Å². The molecule has 25 heavy (non-hydrogen) atoms. The third kappa shape index (κ3) is 3.10. The van der Waals surface area contributed by atoms with E-state index in [1.54, 1.807) is 19.5 Å².